The van der Waals surface area contributed by atoms with Gasteiger partial charge < -0.3 is 14.5 Å². The molecule has 1 amide bonds. The van der Waals surface area contributed by atoms with E-state index in [1.807, 2.05) is 41.3 Å². The fraction of sp³-hybridized carbons (Fsp3) is 0.500. The number of hydrogen-bond donors (Lipinski definition) is 0. The minimum absolute atomic E-state index is 0.0819. The van der Waals surface area contributed by atoms with Crippen LogP contribution in [0, 0.1) is 0 Å². The molecule has 1 aromatic carbocycles. The van der Waals surface area contributed by atoms with Crippen molar-refractivity contribution in [1.82, 2.24) is 9.80 Å². The van der Waals surface area contributed by atoms with Gasteiger partial charge in [0, 0.05) is 32.8 Å². The molecule has 1 heterocycles. The van der Waals surface area contributed by atoms with E-state index < -0.39 is 0 Å². The number of amides is 1. The molecule has 120 valence electrons. The summed E-state index contributed by atoms with van der Waals surface area (Å²) in [5.74, 6) is 0.0819. The Kier molecular flexibility index (Phi) is 5.75. The molecule has 1 aliphatic rings. The van der Waals surface area contributed by atoms with Crippen LogP contribution in [0.1, 0.15) is 18.4 Å². The summed E-state index contributed by atoms with van der Waals surface area (Å²) in [5.41, 5.74) is 0.926. The molecule has 0 aromatic heterocycles. The zero-order valence-electron chi connectivity index (χ0n) is 13.8. The van der Waals surface area contributed by atoms with Gasteiger partial charge in [-0.3, -0.25) is 4.79 Å². The van der Waals surface area contributed by atoms with Gasteiger partial charge in [-0.25, -0.2) is 0 Å². The zero-order chi connectivity index (χ0) is 16.0. The lowest BCUT2D eigenvalue weighted by Crippen LogP contribution is -2.51. The number of likely N-dealkylation sites (tertiary alicyclic amines) is 1. The summed E-state index contributed by atoms with van der Waals surface area (Å²) in [7, 11) is 5.89. The van der Waals surface area contributed by atoms with E-state index in [9.17, 15) is 4.79 Å². The highest BCUT2D eigenvalue weighted by Gasteiger charge is 2.35. The Morgan fingerprint density at radius 2 is 1.91 bits per heavy atom. The van der Waals surface area contributed by atoms with Crippen LogP contribution in [0.4, 0.5) is 0 Å². The van der Waals surface area contributed by atoms with E-state index in [-0.39, 0.29) is 11.5 Å². The maximum absolute atomic E-state index is 12.3. The molecule has 22 heavy (non-hydrogen) atoms. The molecule has 0 saturated carbocycles. The van der Waals surface area contributed by atoms with Crippen LogP contribution in [0.25, 0.3) is 6.08 Å². The Balaban J connectivity index is 1.91. The number of carbonyl (C=O) groups excluding carboxylic acids is 1. The second kappa shape index (κ2) is 7.56. The van der Waals surface area contributed by atoms with Crippen LogP contribution < -0.4 is 0 Å². The molecule has 0 spiro atoms. The monoisotopic (exact) mass is 302 g/mol. The minimum Gasteiger partial charge on any atom is -0.377 e. The van der Waals surface area contributed by atoms with Crippen LogP contribution in [0.3, 0.4) is 0 Å². The van der Waals surface area contributed by atoms with Crippen molar-refractivity contribution in [1.29, 1.82) is 0 Å². The molecular weight excluding hydrogens is 276 g/mol. The van der Waals surface area contributed by atoms with Crippen molar-refractivity contribution < 1.29 is 9.53 Å². The van der Waals surface area contributed by atoms with Gasteiger partial charge in [-0.05, 0) is 38.6 Å². The van der Waals surface area contributed by atoms with Crippen molar-refractivity contribution in [3.05, 3.63) is 42.0 Å². The number of nitrogens with zero attached hydrogens (tertiary/aromatic N) is 2. The van der Waals surface area contributed by atoms with Crippen LogP contribution in [-0.4, -0.2) is 62.1 Å². The normalized spacial score (nSPS) is 18.1. The third-order valence-electron chi connectivity index (χ3n) is 4.24. The summed E-state index contributed by atoms with van der Waals surface area (Å²) in [6, 6.07) is 9.90. The number of methoxy groups -OCH3 is 1. The van der Waals surface area contributed by atoms with Gasteiger partial charge in [-0.2, -0.15) is 0 Å². The standard InChI is InChI=1S/C18H26N2O2/c1-19(2)15-18(22-3)11-13-20(14-12-18)17(21)10-9-16-7-5-4-6-8-16/h4-10H,11-15H2,1-3H3/b10-9+. The molecule has 1 aromatic rings. The minimum atomic E-state index is -0.122. The van der Waals surface area contributed by atoms with Gasteiger partial charge in [0.15, 0.2) is 0 Å². The van der Waals surface area contributed by atoms with Crippen LogP contribution in [-0.2, 0) is 9.53 Å². The molecule has 0 radical (unpaired) electrons. The van der Waals surface area contributed by atoms with Gasteiger partial charge in [-0.15, -0.1) is 0 Å². The highest BCUT2D eigenvalue weighted by Crippen LogP contribution is 2.26. The van der Waals surface area contributed by atoms with E-state index in [0.717, 1.165) is 38.0 Å². The molecule has 4 nitrogen and oxygen atoms in total. The Bertz CT molecular complexity index is 503. The number of hydrogen-bond acceptors (Lipinski definition) is 3. The predicted molar refractivity (Wildman–Crippen MR) is 89.6 cm³/mol. The summed E-state index contributed by atoms with van der Waals surface area (Å²) in [5, 5.41) is 0. The van der Waals surface area contributed by atoms with Crippen LogP contribution in [0.15, 0.2) is 36.4 Å². The van der Waals surface area contributed by atoms with Gasteiger partial charge in [0.1, 0.15) is 0 Å². The predicted octanol–water partition coefficient (Wildman–Crippen LogP) is 2.27. The molecule has 1 fully saturated rings. The lowest BCUT2D eigenvalue weighted by Gasteiger charge is -2.42. The molecule has 4 heteroatoms. The molecule has 1 aliphatic heterocycles. The van der Waals surface area contributed by atoms with Crippen molar-refractivity contribution in [2.24, 2.45) is 0 Å². The van der Waals surface area contributed by atoms with E-state index in [1.165, 1.54) is 0 Å². The summed E-state index contributed by atoms with van der Waals surface area (Å²) in [6.45, 7) is 2.39. The Morgan fingerprint density at radius 1 is 1.27 bits per heavy atom. The van der Waals surface area contributed by atoms with Crippen LogP contribution in [0.5, 0.6) is 0 Å². The van der Waals surface area contributed by atoms with Gasteiger partial charge in [0.25, 0.3) is 0 Å². The van der Waals surface area contributed by atoms with E-state index in [1.54, 1.807) is 13.2 Å². The van der Waals surface area contributed by atoms with E-state index >= 15 is 0 Å². The van der Waals surface area contributed by atoms with Crippen LogP contribution in [0.2, 0.25) is 0 Å². The van der Waals surface area contributed by atoms with E-state index in [2.05, 4.69) is 19.0 Å². The number of rotatable bonds is 5. The number of piperidine rings is 1. The van der Waals surface area contributed by atoms with Gasteiger partial charge in [0.05, 0.1) is 5.60 Å². The van der Waals surface area contributed by atoms with Crippen molar-refractivity contribution >= 4 is 12.0 Å². The van der Waals surface area contributed by atoms with Crippen LogP contribution >= 0.6 is 0 Å². The van der Waals surface area contributed by atoms with Crippen molar-refractivity contribution in [2.45, 2.75) is 18.4 Å². The maximum Gasteiger partial charge on any atom is 0.246 e. The zero-order valence-corrected chi connectivity index (χ0v) is 13.8. The quantitative estimate of drug-likeness (QED) is 0.782. The Hall–Kier alpha value is -1.65. The highest BCUT2D eigenvalue weighted by molar-refractivity contribution is 5.91. The first-order valence-corrected chi connectivity index (χ1v) is 7.77. The van der Waals surface area contributed by atoms with Gasteiger partial charge >= 0.3 is 0 Å². The lowest BCUT2D eigenvalue weighted by molar-refractivity contribution is -0.132. The second-order valence-electron chi connectivity index (χ2n) is 6.19. The molecule has 0 bridgehead atoms. The third-order valence-corrected chi connectivity index (χ3v) is 4.24. The summed E-state index contributed by atoms with van der Waals surface area (Å²) in [4.78, 5) is 16.3. The number of carbonyl (C=O) groups is 1. The topological polar surface area (TPSA) is 32.8 Å². The largest absolute Gasteiger partial charge is 0.377 e. The second-order valence-corrected chi connectivity index (χ2v) is 6.19. The fourth-order valence-electron chi connectivity index (χ4n) is 2.97. The average molecular weight is 302 g/mol. The molecular formula is C18H26N2O2. The molecule has 1 saturated heterocycles. The number of likely N-dealkylation sites (N-methyl/N-ethyl adjacent to an activating group) is 1. The molecule has 0 unspecified atom stereocenters. The van der Waals surface area contributed by atoms with E-state index in [0.29, 0.717) is 0 Å². The summed E-state index contributed by atoms with van der Waals surface area (Å²) in [6.07, 6.45) is 5.31. The molecule has 0 atom stereocenters. The van der Waals surface area contributed by atoms with Gasteiger partial charge in [-0.1, -0.05) is 30.3 Å². The number of ether oxygens (including phenoxy) is 1. The van der Waals surface area contributed by atoms with Crippen molar-refractivity contribution in [3.8, 4) is 0 Å². The maximum atomic E-state index is 12.3. The summed E-state index contributed by atoms with van der Waals surface area (Å²) >= 11 is 0. The molecule has 0 aliphatic carbocycles. The Labute approximate surface area is 133 Å². The average Bonchev–Trinajstić information content (AvgIpc) is 2.53. The number of benzene rings is 1. The Morgan fingerprint density at radius 3 is 2.45 bits per heavy atom. The third kappa shape index (κ3) is 4.42. The van der Waals surface area contributed by atoms with Crippen molar-refractivity contribution in [2.75, 3.05) is 40.8 Å². The first kappa shape index (κ1) is 16.7. The first-order valence-electron chi connectivity index (χ1n) is 7.77. The smallest absolute Gasteiger partial charge is 0.246 e. The molecule has 2 rings (SSSR count). The van der Waals surface area contributed by atoms with Gasteiger partial charge in [0.2, 0.25) is 5.91 Å². The fourth-order valence-corrected chi connectivity index (χ4v) is 2.97. The SMILES string of the molecule is COC1(CN(C)C)CCN(C(=O)/C=C/c2ccccc2)CC1. The first-order chi connectivity index (χ1) is 10.5. The molecule has 0 N–H and O–H groups in total. The summed E-state index contributed by atoms with van der Waals surface area (Å²) < 4.78 is 5.75. The lowest BCUT2D eigenvalue weighted by atomic mass is 9.90. The van der Waals surface area contributed by atoms with Crippen molar-refractivity contribution in [3.63, 3.8) is 0 Å². The van der Waals surface area contributed by atoms with E-state index in [4.69, 9.17) is 4.74 Å². The highest BCUT2D eigenvalue weighted by atomic mass is 16.5.